The summed E-state index contributed by atoms with van der Waals surface area (Å²) in [6.07, 6.45) is 1.49. The molecule has 7 nitrogen and oxygen atoms in total. The Bertz CT molecular complexity index is 1070. The van der Waals surface area contributed by atoms with Crippen LogP contribution in [0.4, 0.5) is 21.8 Å². The van der Waals surface area contributed by atoms with Crippen molar-refractivity contribution in [2.24, 2.45) is 0 Å². The number of carbonyl (C=O) groups is 1. The number of anilines is 3. The highest BCUT2D eigenvalue weighted by Crippen LogP contribution is 2.26. The average Bonchev–Trinajstić information content (AvgIpc) is 2.71. The van der Waals surface area contributed by atoms with Crippen LogP contribution in [0.2, 0.25) is 5.02 Å². The molecule has 4 rings (SSSR count). The van der Waals surface area contributed by atoms with Gasteiger partial charge in [0.05, 0.1) is 13.1 Å². The van der Waals surface area contributed by atoms with Crippen LogP contribution in [-0.4, -0.2) is 42.1 Å². The van der Waals surface area contributed by atoms with E-state index in [0.717, 1.165) is 5.69 Å². The van der Waals surface area contributed by atoms with E-state index in [4.69, 9.17) is 16.3 Å². The van der Waals surface area contributed by atoms with Gasteiger partial charge in [0.2, 0.25) is 5.95 Å². The fourth-order valence-electron chi connectivity index (χ4n) is 3.03. The molecule has 1 aliphatic rings. The van der Waals surface area contributed by atoms with Crippen LogP contribution >= 0.6 is 11.6 Å². The number of nitrogens with zero attached hydrogens (tertiary/aromatic N) is 3. The molecule has 2 aromatic carbocycles. The highest BCUT2D eigenvalue weighted by molar-refractivity contribution is 6.30. The van der Waals surface area contributed by atoms with Crippen molar-refractivity contribution in [1.29, 1.82) is 0 Å². The predicted molar refractivity (Wildman–Crippen MR) is 113 cm³/mol. The Balaban J connectivity index is 1.38. The Kier molecular flexibility index (Phi) is 5.67. The van der Waals surface area contributed by atoms with Crippen LogP contribution in [0.25, 0.3) is 0 Å². The van der Waals surface area contributed by atoms with Gasteiger partial charge < -0.3 is 20.3 Å². The number of ether oxygens (including phenoxy) is 1. The highest BCUT2D eigenvalue weighted by atomic mass is 35.5. The minimum atomic E-state index is -0.484. The zero-order valence-corrected chi connectivity index (χ0v) is 16.9. The van der Waals surface area contributed by atoms with Gasteiger partial charge in [-0.15, -0.1) is 0 Å². The molecular formula is C21H19ClFN5O2. The van der Waals surface area contributed by atoms with Crippen molar-refractivity contribution in [2.45, 2.75) is 6.10 Å². The third-order valence-corrected chi connectivity index (χ3v) is 4.82. The predicted octanol–water partition coefficient (Wildman–Crippen LogP) is 3.64. The van der Waals surface area contributed by atoms with Crippen LogP contribution in [-0.2, 0) is 0 Å². The SMILES string of the molecule is CNC(=O)c1cccc(Nc2ccnc(N3CC(Oc4ccc(Cl)cc4F)C3)n2)c1. The fraction of sp³-hybridized carbons (Fsp3) is 0.190. The molecule has 0 aliphatic carbocycles. The van der Waals surface area contributed by atoms with Crippen LogP contribution in [0.5, 0.6) is 5.75 Å². The average molecular weight is 428 g/mol. The Morgan fingerprint density at radius 3 is 2.83 bits per heavy atom. The highest BCUT2D eigenvalue weighted by Gasteiger charge is 2.31. The molecule has 2 heterocycles. The van der Waals surface area contributed by atoms with E-state index >= 15 is 0 Å². The molecule has 0 atom stereocenters. The number of rotatable bonds is 6. The van der Waals surface area contributed by atoms with Gasteiger partial charge >= 0.3 is 0 Å². The molecule has 1 aliphatic heterocycles. The first-order valence-corrected chi connectivity index (χ1v) is 9.68. The minimum Gasteiger partial charge on any atom is -0.484 e. The first-order chi connectivity index (χ1) is 14.5. The van der Waals surface area contributed by atoms with Crippen molar-refractivity contribution in [2.75, 3.05) is 30.4 Å². The van der Waals surface area contributed by atoms with E-state index in [-0.39, 0.29) is 17.8 Å². The molecule has 154 valence electrons. The third-order valence-electron chi connectivity index (χ3n) is 4.59. The number of carbonyl (C=O) groups excluding carboxylic acids is 1. The maximum absolute atomic E-state index is 13.9. The summed E-state index contributed by atoms with van der Waals surface area (Å²) in [5.41, 5.74) is 1.29. The third kappa shape index (κ3) is 4.44. The summed E-state index contributed by atoms with van der Waals surface area (Å²) in [5, 5.41) is 6.11. The topological polar surface area (TPSA) is 79.4 Å². The molecule has 2 N–H and O–H groups in total. The zero-order chi connectivity index (χ0) is 21.1. The molecule has 9 heteroatoms. The molecule has 1 amide bonds. The lowest BCUT2D eigenvalue weighted by atomic mass is 10.2. The lowest BCUT2D eigenvalue weighted by Crippen LogP contribution is -2.54. The van der Waals surface area contributed by atoms with Gasteiger partial charge in [-0.1, -0.05) is 17.7 Å². The second-order valence-corrected chi connectivity index (χ2v) is 7.18. The van der Waals surface area contributed by atoms with Gasteiger partial charge in [-0.05, 0) is 42.5 Å². The second-order valence-electron chi connectivity index (χ2n) is 6.75. The molecular weight excluding hydrogens is 409 g/mol. The van der Waals surface area contributed by atoms with Crippen LogP contribution in [0.15, 0.2) is 54.7 Å². The molecule has 0 bridgehead atoms. The summed E-state index contributed by atoms with van der Waals surface area (Å²) in [7, 11) is 1.59. The van der Waals surface area contributed by atoms with E-state index in [9.17, 15) is 9.18 Å². The van der Waals surface area contributed by atoms with Gasteiger partial charge in [-0.3, -0.25) is 4.79 Å². The van der Waals surface area contributed by atoms with Crippen LogP contribution in [0, 0.1) is 5.82 Å². The maximum Gasteiger partial charge on any atom is 0.251 e. The monoisotopic (exact) mass is 427 g/mol. The summed E-state index contributed by atoms with van der Waals surface area (Å²) in [5.74, 6) is 0.672. The van der Waals surface area contributed by atoms with E-state index in [1.165, 1.54) is 12.1 Å². The zero-order valence-electron chi connectivity index (χ0n) is 16.1. The Labute approximate surface area is 177 Å². The number of benzene rings is 2. The largest absolute Gasteiger partial charge is 0.484 e. The number of hydrogen-bond donors (Lipinski definition) is 2. The maximum atomic E-state index is 13.9. The van der Waals surface area contributed by atoms with E-state index < -0.39 is 5.82 Å². The first kappa shape index (κ1) is 19.9. The van der Waals surface area contributed by atoms with Crippen molar-refractivity contribution >= 4 is 35.0 Å². The smallest absolute Gasteiger partial charge is 0.251 e. The summed E-state index contributed by atoms with van der Waals surface area (Å²) in [6.45, 7) is 1.08. The van der Waals surface area contributed by atoms with Crippen molar-refractivity contribution in [1.82, 2.24) is 15.3 Å². The Morgan fingerprint density at radius 2 is 2.07 bits per heavy atom. The second kappa shape index (κ2) is 8.54. The number of amides is 1. The number of hydrogen-bond acceptors (Lipinski definition) is 6. The number of halogens is 2. The number of aromatic nitrogens is 2. The summed E-state index contributed by atoms with van der Waals surface area (Å²) < 4.78 is 19.5. The van der Waals surface area contributed by atoms with E-state index in [1.54, 1.807) is 43.6 Å². The normalized spacial score (nSPS) is 13.5. The molecule has 0 unspecified atom stereocenters. The summed E-state index contributed by atoms with van der Waals surface area (Å²) >= 11 is 5.76. The Hall–Kier alpha value is -3.39. The van der Waals surface area contributed by atoms with E-state index in [1.807, 2.05) is 11.0 Å². The molecule has 0 radical (unpaired) electrons. The van der Waals surface area contributed by atoms with Crippen molar-refractivity contribution in [3.8, 4) is 5.75 Å². The van der Waals surface area contributed by atoms with Crippen molar-refractivity contribution in [3.05, 3.63) is 71.1 Å². The quantitative estimate of drug-likeness (QED) is 0.625. The van der Waals surface area contributed by atoms with E-state index in [2.05, 4.69) is 20.6 Å². The van der Waals surface area contributed by atoms with Gasteiger partial charge in [-0.2, -0.15) is 4.98 Å². The molecule has 0 spiro atoms. The van der Waals surface area contributed by atoms with Crippen molar-refractivity contribution < 1.29 is 13.9 Å². The van der Waals surface area contributed by atoms with Gasteiger partial charge in [0.1, 0.15) is 11.9 Å². The van der Waals surface area contributed by atoms with Crippen molar-refractivity contribution in [3.63, 3.8) is 0 Å². The van der Waals surface area contributed by atoms with E-state index in [0.29, 0.717) is 35.4 Å². The number of nitrogens with one attached hydrogen (secondary N) is 2. The lowest BCUT2D eigenvalue weighted by molar-refractivity contribution is 0.0963. The lowest BCUT2D eigenvalue weighted by Gasteiger charge is -2.39. The fourth-order valence-corrected chi connectivity index (χ4v) is 3.19. The first-order valence-electron chi connectivity index (χ1n) is 9.30. The van der Waals surface area contributed by atoms with Gasteiger partial charge in [-0.25, -0.2) is 9.37 Å². The van der Waals surface area contributed by atoms with Gasteiger partial charge in [0.15, 0.2) is 11.6 Å². The standard InChI is InChI=1S/C21H19ClFN5O2/c1-24-20(29)13-3-2-4-15(9-13)26-19-7-8-25-21(27-19)28-11-16(12-28)30-18-6-5-14(22)10-17(18)23/h2-10,16H,11-12H2,1H3,(H,24,29)(H,25,26,27). The summed E-state index contributed by atoms with van der Waals surface area (Å²) in [6, 6.07) is 13.2. The minimum absolute atomic E-state index is 0.161. The van der Waals surface area contributed by atoms with Crippen LogP contribution < -0.4 is 20.3 Å². The molecule has 3 aromatic rings. The molecule has 1 aromatic heterocycles. The Morgan fingerprint density at radius 1 is 1.23 bits per heavy atom. The van der Waals surface area contributed by atoms with Gasteiger partial charge in [0.25, 0.3) is 5.91 Å². The van der Waals surface area contributed by atoms with Crippen LogP contribution in [0.1, 0.15) is 10.4 Å². The molecule has 0 saturated carbocycles. The molecule has 30 heavy (non-hydrogen) atoms. The molecule has 1 saturated heterocycles. The molecule has 1 fully saturated rings. The summed E-state index contributed by atoms with van der Waals surface area (Å²) in [4.78, 5) is 22.5. The van der Waals surface area contributed by atoms with Crippen LogP contribution in [0.3, 0.4) is 0 Å². The van der Waals surface area contributed by atoms with Gasteiger partial charge in [0, 0.05) is 29.5 Å².